The zero-order chi connectivity index (χ0) is 26.3. The van der Waals surface area contributed by atoms with Gasteiger partial charge in [0.05, 0.1) is 25.0 Å². The Morgan fingerprint density at radius 1 is 1.13 bits per heavy atom. The van der Waals surface area contributed by atoms with Crippen molar-refractivity contribution in [1.29, 1.82) is 0 Å². The van der Waals surface area contributed by atoms with Crippen LogP contribution in [-0.4, -0.2) is 58.5 Å². The molecule has 1 aliphatic carbocycles. The number of likely N-dealkylation sites (tertiary alicyclic amines) is 1. The quantitative estimate of drug-likeness (QED) is 0.548. The Morgan fingerprint density at radius 3 is 2.63 bits per heavy atom. The fourth-order valence-corrected chi connectivity index (χ4v) is 6.55. The maximum Gasteiger partial charge on any atom is 0.246 e. The van der Waals surface area contributed by atoms with Gasteiger partial charge in [-0.15, -0.1) is 0 Å². The Labute approximate surface area is 221 Å². The van der Waals surface area contributed by atoms with Crippen molar-refractivity contribution in [3.05, 3.63) is 66.5 Å². The van der Waals surface area contributed by atoms with Crippen molar-refractivity contribution in [2.24, 2.45) is 11.8 Å². The molecule has 0 radical (unpaired) electrons. The average Bonchev–Trinajstić information content (AvgIpc) is 3.58. The third-order valence-corrected chi connectivity index (χ3v) is 8.31. The number of rotatable bonds is 7. The van der Waals surface area contributed by atoms with Gasteiger partial charge in [0.25, 0.3) is 0 Å². The van der Waals surface area contributed by atoms with Gasteiger partial charge in [-0.1, -0.05) is 37.5 Å². The van der Waals surface area contributed by atoms with Gasteiger partial charge in [0.2, 0.25) is 17.7 Å². The van der Waals surface area contributed by atoms with Crippen LogP contribution in [0.2, 0.25) is 0 Å². The smallest absolute Gasteiger partial charge is 0.246 e. The maximum atomic E-state index is 14.0. The highest BCUT2D eigenvalue weighted by Crippen LogP contribution is 2.55. The van der Waals surface area contributed by atoms with E-state index in [1.54, 1.807) is 54.7 Å². The predicted molar refractivity (Wildman–Crippen MR) is 139 cm³/mol. The lowest BCUT2D eigenvalue weighted by Crippen LogP contribution is -2.56. The van der Waals surface area contributed by atoms with E-state index in [2.05, 4.69) is 15.6 Å². The molecule has 3 aliphatic heterocycles. The second-order valence-corrected chi connectivity index (χ2v) is 10.6. The summed E-state index contributed by atoms with van der Waals surface area (Å²) in [4.78, 5) is 47.2. The molecule has 9 heteroatoms. The summed E-state index contributed by atoms with van der Waals surface area (Å²) in [6, 6.07) is 9.92. The van der Waals surface area contributed by atoms with E-state index in [0.717, 1.165) is 31.2 Å². The molecular weight excluding hydrogens is 484 g/mol. The van der Waals surface area contributed by atoms with Crippen LogP contribution < -0.4 is 15.4 Å². The number of amides is 3. The summed E-state index contributed by atoms with van der Waals surface area (Å²) in [5.74, 6) is -1.65. The molecule has 38 heavy (non-hydrogen) atoms. The summed E-state index contributed by atoms with van der Waals surface area (Å²) in [6.07, 6.45) is 11.6. The number of nitrogens with one attached hydrogen (secondary N) is 2. The van der Waals surface area contributed by atoms with Crippen molar-refractivity contribution in [2.75, 3.05) is 12.4 Å². The Balaban J connectivity index is 1.30. The molecule has 3 fully saturated rings. The molecule has 4 aliphatic rings. The first kappa shape index (κ1) is 24.6. The van der Waals surface area contributed by atoms with Gasteiger partial charge in [0, 0.05) is 30.7 Å². The Hall–Kier alpha value is -3.72. The number of hydrogen-bond donors (Lipinski definition) is 2. The molecule has 1 aromatic carbocycles. The van der Waals surface area contributed by atoms with Crippen molar-refractivity contribution < 1.29 is 23.9 Å². The fraction of sp³-hybridized carbons (Fsp3) is 0.448. The van der Waals surface area contributed by atoms with Crippen molar-refractivity contribution in [1.82, 2.24) is 15.2 Å². The number of carbonyl (C=O) groups excluding carboxylic acids is 3. The van der Waals surface area contributed by atoms with Crippen LogP contribution in [0.3, 0.4) is 0 Å². The largest absolute Gasteiger partial charge is 0.497 e. The monoisotopic (exact) mass is 516 g/mol. The maximum absolute atomic E-state index is 14.0. The number of pyridine rings is 1. The van der Waals surface area contributed by atoms with Crippen LogP contribution in [0, 0.1) is 11.8 Å². The molecule has 6 rings (SSSR count). The van der Waals surface area contributed by atoms with Gasteiger partial charge in [0.1, 0.15) is 17.4 Å². The Morgan fingerprint density at radius 2 is 1.92 bits per heavy atom. The molecular formula is C29H32N4O5. The second-order valence-electron chi connectivity index (χ2n) is 10.6. The average molecular weight is 517 g/mol. The lowest BCUT2D eigenvalue weighted by molar-refractivity contribution is -0.142. The first-order valence-electron chi connectivity index (χ1n) is 13.3. The minimum absolute atomic E-state index is 0.0822. The molecule has 2 aromatic rings. The molecule has 2 bridgehead atoms. The topological polar surface area (TPSA) is 110 Å². The molecule has 1 spiro atoms. The first-order chi connectivity index (χ1) is 18.5. The van der Waals surface area contributed by atoms with E-state index >= 15 is 0 Å². The van der Waals surface area contributed by atoms with E-state index in [1.165, 1.54) is 6.42 Å². The van der Waals surface area contributed by atoms with Gasteiger partial charge in [-0.25, -0.2) is 0 Å². The van der Waals surface area contributed by atoms with Gasteiger partial charge in [-0.2, -0.15) is 0 Å². The minimum Gasteiger partial charge on any atom is -0.497 e. The van der Waals surface area contributed by atoms with Crippen molar-refractivity contribution >= 4 is 23.4 Å². The van der Waals surface area contributed by atoms with Gasteiger partial charge in [-0.3, -0.25) is 19.4 Å². The van der Waals surface area contributed by atoms with Crippen LogP contribution in [0.15, 0.2) is 60.9 Å². The van der Waals surface area contributed by atoms with Crippen LogP contribution in [0.25, 0.3) is 0 Å². The molecule has 2 saturated heterocycles. The summed E-state index contributed by atoms with van der Waals surface area (Å²) in [5, 5.41) is 6.14. The van der Waals surface area contributed by atoms with Crippen molar-refractivity contribution in [2.45, 2.75) is 62.4 Å². The molecule has 2 N–H and O–H groups in total. The first-order valence-corrected chi connectivity index (χ1v) is 13.3. The number of benzene rings is 1. The molecule has 1 saturated carbocycles. The number of nitrogens with zero attached hydrogens (tertiary/aromatic N) is 2. The van der Waals surface area contributed by atoms with Crippen LogP contribution >= 0.6 is 0 Å². The normalized spacial score (nSPS) is 29.8. The Kier molecular flexibility index (Phi) is 6.39. The predicted octanol–water partition coefficient (Wildman–Crippen LogP) is 2.83. The Bertz CT molecular complexity index is 1240. The molecule has 3 amide bonds. The summed E-state index contributed by atoms with van der Waals surface area (Å²) < 4.78 is 11.6. The van der Waals surface area contributed by atoms with Gasteiger partial charge in [0.15, 0.2) is 0 Å². The number of aromatic nitrogens is 1. The van der Waals surface area contributed by atoms with Crippen LogP contribution in [0.1, 0.15) is 37.7 Å². The minimum atomic E-state index is -1.19. The number of ether oxygens (including phenoxy) is 2. The number of methoxy groups -OCH3 is 1. The van der Waals surface area contributed by atoms with Crippen molar-refractivity contribution in [3.63, 3.8) is 0 Å². The molecule has 4 heterocycles. The van der Waals surface area contributed by atoms with Crippen LogP contribution in [0.4, 0.5) is 5.69 Å². The standard InChI is InChI=1S/C29H32N4O5/c1-37-21-11-9-20(10-12-21)31-26(34)23-22-13-14-29(38-22)24(23)28(36)33(17-18-6-5-15-30-16-18)25(29)27(35)32-19-7-3-2-4-8-19/h5-6,9-16,19,22-25H,2-4,7-8,17H2,1H3,(H,31,34)(H,32,35)/t22-,23?,24-,25?,29?/m1/s1. The number of carbonyl (C=O) groups is 3. The van der Waals surface area contributed by atoms with Gasteiger partial charge in [-0.05, 0) is 48.7 Å². The van der Waals surface area contributed by atoms with E-state index in [1.807, 2.05) is 18.2 Å². The molecule has 3 unspecified atom stereocenters. The fourth-order valence-electron chi connectivity index (χ4n) is 6.55. The van der Waals surface area contributed by atoms with Crippen LogP contribution in [-0.2, 0) is 25.7 Å². The SMILES string of the molecule is COc1ccc(NC(=O)C2[C@H]3C=CC4(O3)C(C(=O)NC3CCCCC3)N(Cc3cccnc3)C(=O)[C@@H]24)cc1. The zero-order valence-corrected chi connectivity index (χ0v) is 21.3. The highest BCUT2D eigenvalue weighted by atomic mass is 16.5. The highest BCUT2D eigenvalue weighted by molar-refractivity contribution is 6.02. The molecule has 9 nitrogen and oxygen atoms in total. The van der Waals surface area contributed by atoms with Crippen LogP contribution in [0.5, 0.6) is 5.75 Å². The number of anilines is 1. The molecule has 5 atom stereocenters. The lowest BCUT2D eigenvalue weighted by atomic mass is 9.74. The third-order valence-electron chi connectivity index (χ3n) is 8.31. The summed E-state index contributed by atoms with van der Waals surface area (Å²) >= 11 is 0. The summed E-state index contributed by atoms with van der Waals surface area (Å²) in [5.41, 5.74) is 0.219. The summed E-state index contributed by atoms with van der Waals surface area (Å²) in [6.45, 7) is 0.211. The summed E-state index contributed by atoms with van der Waals surface area (Å²) in [7, 11) is 1.58. The second kappa shape index (κ2) is 9.87. The van der Waals surface area contributed by atoms with E-state index in [9.17, 15) is 14.4 Å². The van der Waals surface area contributed by atoms with E-state index < -0.39 is 29.6 Å². The van der Waals surface area contributed by atoms with Crippen molar-refractivity contribution in [3.8, 4) is 5.75 Å². The van der Waals surface area contributed by atoms with E-state index in [0.29, 0.717) is 11.4 Å². The van der Waals surface area contributed by atoms with Gasteiger partial charge >= 0.3 is 0 Å². The highest BCUT2D eigenvalue weighted by Gasteiger charge is 2.72. The lowest BCUT2D eigenvalue weighted by Gasteiger charge is -2.34. The van der Waals surface area contributed by atoms with E-state index in [-0.39, 0.29) is 30.3 Å². The zero-order valence-electron chi connectivity index (χ0n) is 21.3. The molecule has 1 aromatic heterocycles. The molecule has 198 valence electrons. The number of fused-ring (bicyclic) bond motifs is 1. The van der Waals surface area contributed by atoms with E-state index in [4.69, 9.17) is 9.47 Å². The van der Waals surface area contributed by atoms with Gasteiger partial charge < -0.3 is 25.0 Å². The number of hydrogen-bond acceptors (Lipinski definition) is 6. The third kappa shape index (κ3) is 4.15.